The Labute approximate surface area is 133 Å². The highest BCUT2D eigenvalue weighted by molar-refractivity contribution is 5.94. The van der Waals surface area contributed by atoms with E-state index in [4.69, 9.17) is 0 Å². The van der Waals surface area contributed by atoms with Crippen molar-refractivity contribution in [2.45, 2.75) is 37.8 Å². The first-order valence-corrected chi connectivity index (χ1v) is 8.10. The van der Waals surface area contributed by atoms with E-state index in [1.165, 1.54) is 25.0 Å². The summed E-state index contributed by atoms with van der Waals surface area (Å²) in [4.78, 5) is 4.44. The summed E-state index contributed by atoms with van der Waals surface area (Å²) in [6.45, 7) is 0. The van der Waals surface area contributed by atoms with Gasteiger partial charge < -0.3 is 10.6 Å². The van der Waals surface area contributed by atoms with Gasteiger partial charge in [0.05, 0.1) is 11.0 Å². The van der Waals surface area contributed by atoms with Crippen molar-refractivity contribution in [1.82, 2.24) is 19.9 Å². The van der Waals surface area contributed by atoms with Crippen LogP contribution in [0.4, 0.5) is 10.2 Å². The molecule has 0 unspecified atom stereocenters. The summed E-state index contributed by atoms with van der Waals surface area (Å²) in [5.74, 6) is 0.588. The van der Waals surface area contributed by atoms with Gasteiger partial charge in [0.2, 0.25) is 0 Å². The monoisotopic (exact) mass is 313 g/mol. The summed E-state index contributed by atoms with van der Waals surface area (Å²) in [5, 5.41) is 12.2. The quantitative estimate of drug-likeness (QED) is 0.780. The molecule has 0 radical (unpaired) electrons. The second kappa shape index (κ2) is 5.77. The van der Waals surface area contributed by atoms with Crippen LogP contribution in [-0.4, -0.2) is 33.7 Å². The van der Waals surface area contributed by atoms with E-state index >= 15 is 0 Å². The maximum absolute atomic E-state index is 13.3. The number of hydrogen-bond donors (Lipinski definition) is 2. The molecule has 1 saturated carbocycles. The standard InChI is InChI=1S/C17H20FN5/c1-19-12-3-5-13(6-4-12)21-17-9-16-14-7-2-11(18)8-15(14)22-23(16)10-20-17/h2,7-10,12-13,19,21H,3-6H2,1H3. The molecule has 2 heterocycles. The molecule has 23 heavy (non-hydrogen) atoms. The molecular formula is C17H20FN5. The molecule has 1 aliphatic rings. The number of benzene rings is 1. The third kappa shape index (κ3) is 2.74. The van der Waals surface area contributed by atoms with Crippen LogP contribution in [0.25, 0.3) is 16.4 Å². The Morgan fingerprint density at radius 2 is 1.91 bits per heavy atom. The number of nitrogens with one attached hydrogen (secondary N) is 2. The molecule has 1 aromatic carbocycles. The number of rotatable bonds is 3. The molecule has 1 aliphatic carbocycles. The minimum absolute atomic E-state index is 0.270. The van der Waals surface area contributed by atoms with Crippen LogP contribution in [0.2, 0.25) is 0 Å². The Kier molecular flexibility index (Phi) is 3.61. The van der Waals surface area contributed by atoms with E-state index in [9.17, 15) is 4.39 Å². The molecule has 0 spiro atoms. The average Bonchev–Trinajstić information content (AvgIpc) is 2.92. The second-order valence-electron chi connectivity index (χ2n) is 6.25. The minimum atomic E-state index is -0.270. The molecule has 2 aromatic heterocycles. The molecule has 2 N–H and O–H groups in total. The maximum atomic E-state index is 13.3. The van der Waals surface area contributed by atoms with Crippen LogP contribution in [0.1, 0.15) is 25.7 Å². The lowest BCUT2D eigenvalue weighted by molar-refractivity contribution is 0.371. The van der Waals surface area contributed by atoms with Gasteiger partial charge in [0.1, 0.15) is 18.0 Å². The first-order chi connectivity index (χ1) is 11.2. The van der Waals surface area contributed by atoms with Crippen molar-refractivity contribution >= 4 is 22.2 Å². The zero-order valence-electron chi connectivity index (χ0n) is 13.1. The Bertz CT molecular complexity index is 835. The summed E-state index contributed by atoms with van der Waals surface area (Å²) in [7, 11) is 2.03. The van der Waals surface area contributed by atoms with Gasteiger partial charge >= 0.3 is 0 Å². The molecule has 0 atom stereocenters. The number of fused-ring (bicyclic) bond motifs is 3. The van der Waals surface area contributed by atoms with Gasteiger partial charge in [-0.1, -0.05) is 0 Å². The summed E-state index contributed by atoms with van der Waals surface area (Å²) in [5.41, 5.74) is 1.60. The van der Waals surface area contributed by atoms with E-state index in [1.54, 1.807) is 16.9 Å². The highest BCUT2D eigenvalue weighted by Crippen LogP contribution is 2.24. The molecule has 6 heteroatoms. The Morgan fingerprint density at radius 1 is 1.13 bits per heavy atom. The van der Waals surface area contributed by atoms with Crippen LogP contribution < -0.4 is 10.6 Å². The lowest BCUT2D eigenvalue weighted by atomic mass is 9.91. The SMILES string of the molecule is CNC1CCC(Nc2cc3c4ccc(F)cc4nn3cn2)CC1. The number of anilines is 1. The van der Waals surface area contributed by atoms with Gasteiger partial charge in [0, 0.05) is 29.6 Å². The maximum Gasteiger partial charge on any atom is 0.130 e. The summed E-state index contributed by atoms with van der Waals surface area (Å²) in [6, 6.07) is 7.79. The lowest BCUT2D eigenvalue weighted by Gasteiger charge is -2.29. The van der Waals surface area contributed by atoms with Crippen molar-refractivity contribution in [3.8, 4) is 0 Å². The zero-order chi connectivity index (χ0) is 15.8. The lowest BCUT2D eigenvalue weighted by Crippen LogP contribution is -2.35. The smallest absolute Gasteiger partial charge is 0.130 e. The number of hydrogen-bond acceptors (Lipinski definition) is 4. The number of aromatic nitrogens is 3. The van der Waals surface area contributed by atoms with Crippen molar-refractivity contribution < 1.29 is 4.39 Å². The van der Waals surface area contributed by atoms with Crippen LogP contribution in [0.5, 0.6) is 0 Å². The molecule has 0 saturated heterocycles. The van der Waals surface area contributed by atoms with Gasteiger partial charge in [0.15, 0.2) is 0 Å². The van der Waals surface area contributed by atoms with Gasteiger partial charge in [-0.2, -0.15) is 5.10 Å². The first-order valence-electron chi connectivity index (χ1n) is 8.10. The summed E-state index contributed by atoms with van der Waals surface area (Å²) < 4.78 is 15.0. The molecule has 5 nitrogen and oxygen atoms in total. The van der Waals surface area contributed by atoms with Crippen LogP contribution in [0.15, 0.2) is 30.6 Å². The fourth-order valence-electron chi connectivity index (χ4n) is 3.43. The number of nitrogens with zero attached hydrogens (tertiary/aromatic N) is 3. The van der Waals surface area contributed by atoms with E-state index in [1.807, 2.05) is 13.1 Å². The molecule has 4 rings (SSSR count). The van der Waals surface area contributed by atoms with Gasteiger partial charge in [-0.3, -0.25) is 0 Å². The fraction of sp³-hybridized carbons (Fsp3) is 0.412. The molecule has 3 aromatic rings. The molecule has 1 fully saturated rings. The van der Waals surface area contributed by atoms with Crippen molar-refractivity contribution in [3.63, 3.8) is 0 Å². The van der Waals surface area contributed by atoms with E-state index in [0.717, 1.165) is 29.6 Å². The Hall–Kier alpha value is -2.21. The molecule has 0 aliphatic heterocycles. The third-order valence-electron chi connectivity index (χ3n) is 4.77. The molecule has 120 valence electrons. The fourth-order valence-corrected chi connectivity index (χ4v) is 3.43. The molecular weight excluding hydrogens is 293 g/mol. The van der Waals surface area contributed by atoms with Crippen molar-refractivity contribution in [3.05, 3.63) is 36.4 Å². The topological polar surface area (TPSA) is 54.2 Å². The second-order valence-corrected chi connectivity index (χ2v) is 6.25. The van der Waals surface area contributed by atoms with E-state index in [2.05, 4.69) is 20.7 Å². The van der Waals surface area contributed by atoms with Crippen molar-refractivity contribution in [2.24, 2.45) is 0 Å². The largest absolute Gasteiger partial charge is 0.367 e. The van der Waals surface area contributed by atoms with Crippen LogP contribution in [0, 0.1) is 5.82 Å². The van der Waals surface area contributed by atoms with Crippen molar-refractivity contribution in [1.29, 1.82) is 0 Å². The highest BCUT2D eigenvalue weighted by Gasteiger charge is 2.20. The predicted octanol–water partition coefficient (Wildman–Crippen LogP) is 2.96. The first kappa shape index (κ1) is 14.4. The summed E-state index contributed by atoms with van der Waals surface area (Å²) in [6.07, 6.45) is 6.35. The number of halogens is 1. The normalized spacial score (nSPS) is 21.8. The average molecular weight is 313 g/mol. The van der Waals surface area contributed by atoms with Crippen LogP contribution >= 0.6 is 0 Å². The van der Waals surface area contributed by atoms with E-state index in [-0.39, 0.29) is 5.82 Å². The summed E-state index contributed by atoms with van der Waals surface area (Å²) >= 11 is 0. The third-order valence-corrected chi connectivity index (χ3v) is 4.77. The van der Waals surface area contributed by atoms with Gasteiger partial charge in [0.25, 0.3) is 0 Å². The minimum Gasteiger partial charge on any atom is -0.367 e. The van der Waals surface area contributed by atoms with E-state index < -0.39 is 0 Å². The van der Waals surface area contributed by atoms with E-state index in [0.29, 0.717) is 17.6 Å². The Balaban J connectivity index is 1.60. The molecule has 0 bridgehead atoms. The van der Waals surface area contributed by atoms with Crippen LogP contribution in [0.3, 0.4) is 0 Å². The highest BCUT2D eigenvalue weighted by atomic mass is 19.1. The van der Waals surface area contributed by atoms with Gasteiger partial charge in [-0.25, -0.2) is 13.9 Å². The van der Waals surface area contributed by atoms with Gasteiger partial charge in [-0.05, 0) is 44.9 Å². The van der Waals surface area contributed by atoms with Gasteiger partial charge in [-0.15, -0.1) is 0 Å². The Morgan fingerprint density at radius 3 is 2.70 bits per heavy atom. The van der Waals surface area contributed by atoms with Crippen molar-refractivity contribution in [2.75, 3.05) is 12.4 Å². The zero-order valence-corrected chi connectivity index (χ0v) is 13.1. The predicted molar refractivity (Wildman–Crippen MR) is 89.2 cm³/mol. The molecule has 0 amide bonds. The van der Waals surface area contributed by atoms with Crippen LogP contribution in [-0.2, 0) is 0 Å².